The predicted octanol–water partition coefficient (Wildman–Crippen LogP) is 1.96. The van der Waals surface area contributed by atoms with Crippen molar-refractivity contribution >= 4 is 17.5 Å². The first-order valence-corrected chi connectivity index (χ1v) is 11.0. The van der Waals surface area contributed by atoms with Crippen LogP contribution in [0.25, 0.3) is 5.69 Å². The monoisotopic (exact) mass is 426 g/mol. The fraction of sp³-hybridized carbons (Fsp3) is 0.522. The Morgan fingerprint density at radius 2 is 1.65 bits per heavy atom. The van der Waals surface area contributed by atoms with Crippen LogP contribution in [0.5, 0.6) is 0 Å². The lowest BCUT2D eigenvalue weighted by Gasteiger charge is -2.34. The van der Waals surface area contributed by atoms with E-state index in [1.165, 1.54) is 0 Å². The van der Waals surface area contributed by atoms with Crippen LogP contribution < -0.4 is 10.6 Å². The molecule has 2 aromatic rings. The van der Waals surface area contributed by atoms with Crippen LogP contribution in [0.4, 0.5) is 5.69 Å². The van der Waals surface area contributed by atoms with Gasteiger partial charge in [-0.2, -0.15) is 5.10 Å². The molecule has 168 valence electrons. The summed E-state index contributed by atoms with van der Waals surface area (Å²) in [5.41, 5.74) is 3.49. The third kappa shape index (κ3) is 6.38. The van der Waals surface area contributed by atoms with Crippen LogP contribution in [0, 0.1) is 13.8 Å². The second kappa shape index (κ2) is 10.5. The number of aromatic nitrogens is 2. The molecule has 2 N–H and O–H groups in total. The number of nitrogens with zero attached hydrogens (tertiary/aromatic N) is 4. The number of nitrogens with one attached hydrogen (secondary N) is 2. The Bertz CT molecular complexity index is 885. The largest absolute Gasteiger partial charge is 0.353 e. The van der Waals surface area contributed by atoms with Crippen LogP contribution in [-0.4, -0.2) is 76.7 Å². The summed E-state index contributed by atoms with van der Waals surface area (Å²) in [5.74, 6) is 0.0715. The van der Waals surface area contributed by atoms with Gasteiger partial charge in [0.05, 0.1) is 29.3 Å². The maximum Gasteiger partial charge on any atom is 0.234 e. The fourth-order valence-electron chi connectivity index (χ4n) is 3.85. The van der Waals surface area contributed by atoms with Crippen molar-refractivity contribution in [1.82, 2.24) is 24.9 Å². The molecule has 0 atom stereocenters. The van der Waals surface area contributed by atoms with E-state index in [1.54, 1.807) is 0 Å². The molecule has 0 bridgehead atoms. The van der Waals surface area contributed by atoms with Gasteiger partial charge in [0.2, 0.25) is 11.8 Å². The first-order valence-electron chi connectivity index (χ1n) is 11.0. The number of aryl methyl sites for hydroxylation is 1. The summed E-state index contributed by atoms with van der Waals surface area (Å²) in [7, 11) is 0. The minimum atomic E-state index is -0.00227. The number of para-hydroxylation sites is 1. The van der Waals surface area contributed by atoms with Gasteiger partial charge < -0.3 is 15.5 Å². The molecule has 3 rings (SSSR count). The van der Waals surface area contributed by atoms with Gasteiger partial charge in [0.1, 0.15) is 0 Å². The van der Waals surface area contributed by atoms with Crippen molar-refractivity contribution in [3.05, 3.63) is 41.7 Å². The molecular formula is C23H34N6O2. The normalized spacial score (nSPS) is 15.3. The van der Waals surface area contributed by atoms with Crippen LogP contribution in [-0.2, 0) is 9.59 Å². The van der Waals surface area contributed by atoms with E-state index in [-0.39, 0.29) is 17.9 Å². The molecule has 0 aliphatic carbocycles. The third-order valence-electron chi connectivity index (χ3n) is 5.49. The Kier molecular flexibility index (Phi) is 7.81. The molecule has 0 unspecified atom stereocenters. The minimum Gasteiger partial charge on any atom is -0.353 e. The van der Waals surface area contributed by atoms with E-state index in [9.17, 15) is 9.59 Å². The van der Waals surface area contributed by atoms with Gasteiger partial charge in [0.15, 0.2) is 0 Å². The van der Waals surface area contributed by atoms with E-state index in [0.717, 1.165) is 48.9 Å². The standard InChI is InChI=1S/C23H34N6O2/c1-17(2)24-22(31)16-28-14-12-27(13-15-28)11-10-21(30)25-23-18(3)26-29(19(23)4)20-8-6-5-7-9-20/h5-9,17H,10-16H2,1-4H3,(H,24,31)(H,25,30). The van der Waals surface area contributed by atoms with Gasteiger partial charge in [-0.05, 0) is 39.8 Å². The second-order valence-electron chi connectivity index (χ2n) is 8.43. The number of amides is 2. The first-order chi connectivity index (χ1) is 14.8. The Labute approximate surface area is 184 Å². The molecule has 1 aromatic carbocycles. The molecule has 1 aliphatic rings. The Hall–Kier alpha value is -2.71. The molecule has 8 nitrogen and oxygen atoms in total. The number of rotatable bonds is 8. The molecular weight excluding hydrogens is 392 g/mol. The fourth-order valence-corrected chi connectivity index (χ4v) is 3.85. The zero-order chi connectivity index (χ0) is 22.4. The van der Waals surface area contributed by atoms with Gasteiger partial charge in [0.25, 0.3) is 0 Å². The van der Waals surface area contributed by atoms with Gasteiger partial charge in [-0.25, -0.2) is 4.68 Å². The first kappa shape index (κ1) is 23.0. The number of hydrogen-bond donors (Lipinski definition) is 2. The zero-order valence-electron chi connectivity index (χ0n) is 19.0. The summed E-state index contributed by atoms with van der Waals surface area (Å²) in [6.45, 7) is 12.4. The van der Waals surface area contributed by atoms with E-state index >= 15 is 0 Å². The summed E-state index contributed by atoms with van der Waals surface area (Å²) < 4.78 is 1.86. The number of benzene rings is 1. The highest BCUT2D eigenvalue weighted by Gasteiger charge is 2.20. The predicted molar refractivity (Wildman–Crippen MR) is 122 cm³/mol. The molecule has 8 heteroatoms. The Balaban J connectivity index is 1.45. The maximum absolute atomic E-state index is 12.6. The second-order valence-corrected chi connectivity index (χ2v) is 8.43. The molecule has 2 heterocycles. The highest BCUT2D eigenvalue weighted by atomic mass is 16.2. The Morgan fingerprint density at radius 1 is 1.00 bits per heavy atom. The highest BCUT2D eigenvalue weighted by molar-refractivity contribution is 5.92. The van der Waals surface area contributed by atoms with Crippen molar-refractivity contribution in [1.29, 1.82) is 0 Å². The molecule has 1 aliphatic heterocycles. The van der Waals surface area contributed by atoms with Gasteiger partial charge in [-0.15, -0.1) is 0 Å². The molecule has 0 spiro atoms. The van der Waals surface area contributed by atoms with Crippen LogP contribution in [0.15, 0.2) is 30.3 Å². The van der Waals surface area contributed by atoms with Crippen molar-refractivity contribution in [2.75, 3.05) is 44.6 Å². The minimum absolute atomic E-state index is 0.00227. The molecule has 2 amide bonds. The summed E-state index contributed by atoms with van der Waals surface area (Å²) in [5, 5.41) is 10.6. The molecule has 1 saturated heterocycles. The smallest absolute Gasteiger partial charge is 0.234 e. The quantitative estimate of drug-likeness (QED) is 0.674. The van der Waals surface area contributed by atoms with Crippen LogP contribution >= 0.6 is 0 Å². The van der Waals surface area contributed by atoms with E-state index in [4.69, 9.17) is 0 Å². The van der Waals surface area contributed by atoms with Gasteiger partial charge in [-0.1, -0.05) is 18.2 Å². The van der Waals surface area contributed by atoms with Gasteiger partial charge >= 0.3 is 0 Å². The van der Waals surface area contributed by atoms with E-state index in [2.05, 4.69) is 25.5 Å². The zero-order valence-corrected chi connectivity index (χ0v) is 19.0. The van der Waals surface area contributed by atoms with E-state index < -0.39 is 0 Å². The van der Waals surface area contributed by atoms with Crippen molar-refractivity contribution in [3.63, 3.8) is 0 Å². The summed E-state index contributed by atoms with van der Waals surface area (Å²) in [4.78, 5) is 28.9. The Morgan fingerprint density at radius 3 is 2.29 bits per heavy atom. The van der Waals surface area contributed by atoms with Crippen LogP contribution in [0.2, 0.25) is 0 Å². The van der Waals surface area contributed by atoms with Crippen molar-refractivity contribution < 1.29 is 9.59 Å². The van der Waals surface area contributed by atoms with Gasteiger partial charge in [-0.3, -0.25) is 14.5 Å². The van der Waals surface area contributed by atoms with Crippen molar-refractivity contribution in [2.24, 2.45) is 0 Å². The average molecular weight is 427 g/mol. The lowest BCUT2D eigenvalue weighted by molar-refractivity contribution is -0.123. The van der Waals surface area contributed by atoms with Crippen LogP contribution in [0.3, 0.4) is 0 Å². The lowest BCUT2D eigenvalue weighted by Crippen LogP contribution is -2.50. The number of carbonyl (C=O) groups excluding carboxylic acids is 2. The highest BCUT2D eigenvalue weighted by Crippen LogP contribution is 2.22. The topological polar surface area (TPSA) is 82.5 Å². The number of hydrogen-bond acceptors (Lipinski definition) is 5. The third-order valence-corrected chi connectivity index (χ3v) is 5.49. The average Bonchev–Trinajstić information content (AvgIpc) is 3.01. The summed E-state index contributed by atoms with van der Waals surface area (Å²) >= 11 is 0. The van der Waals surface area contributed by atoms with E-state index in [1.807, 2.05) is 62.7 Å². The van der Waals surface area contributed by atoms with Crippen molar-refractivity contribution in [2.45, 2.75) is 40.2 Å². The number of piperazine rings is 1. The number of anilines is 1. The maximum atomic E-state index is 12.6. The summed E-state index contributed by atoms with van der Waals surface area (Å²) in [6, 6.07) is 10.1. The SMILES string of the molecule is Cc1nn(-c2ccccc2)c(C)c1NC(=O)CCN1CCN(CC(=O)NC(C)C)CC1. The molecule has 1 fully saturated rings. The van der Waals surface area contributed by atoms with Crippen LogP contribution in [0.1, 0.15) is 31.7 Å². The molecule has 0 saturated carbocycles. The summed E-state index contributed by atoms with van der Waals surface area (Å²) in [6.07, 6.45) is 0.434. The van der Waals surface area contributed by atoms with Gasteiger partial charge in [0, 0.05) is 45.2 Å². The van der Waals surface area contributed by atoms with Crippen molar-refractivity contribution in [3.8, 4) is 5.69 Å². The number of carbonyl (C=O) groups is 2. The van der Waals surface area contributed by atoms with E-state index in [0.29, 0.717) is 19.5 Å². The molecule has 1 aromatic heterocycles. The molecule has 31 heavy (non-hydrogen) atoms. The molecule has 0 radical (unpaired) electrons. The lowest BCUT2D eigenvalue weighted by atomic mass is 10.2.